The van der Waals surface area contributed by atoms with Crippen LogP contribution >= 0.6 is 0 Å². The van der Waals surface area contributed by atoms with E-state index in [1.54, 1.807) is 30.5 Å². The minimum absolute atomic E-state index is 0.0241. The van der Waals surface area contributed by atoms with Crippen molar-refractivity contribution in [3.8, 4) is 0 Å². The van der Waals surface area contributed by atoms with Crippen LogP contribution < -0.4 is 0 Å². The van der Waals surface area contributed by atoms with Crippen molar-refractivity contribution in [1.29, 1.82) is 0 Å². The zero-order valence-corrected chi connectivity index (χ0v) is 13.3. The number of amides is 1. The number of nitrogens with zero attached hydrogens (tertiary/aromatic N) is 3. The molecule has 3 rings (SSSR count). The van der Waals surface area contributed by atoms with E-state index in [4.69, 9.17) is 4.74 Å². The number of hydrogen-bond donors (Lipinski definition) is 0. The molecular weight excluding hydrogens is 297 g/mol. The van der Waals surface area contributed by atoms with E-state index >= 15 is 0 Å². The molecule has 6 heteroatoms. The van der Waals surface area contributed by atoms with Crippen molar-refractivity contribution >= 4 is 5.91 Å². The molecule has 0 saturated heterocycles. The SMILES string of the molecule is COCC1Cc2c(ncn2C)CN1C(=O)Cc1cccc(F)c1. The molecule has 0 aliphatic carbocycles. The predicted molar refractivity (Wildman–Crippen MR) is 83.2 cm³/mol. The van der Waals surface area contributed by atoms with Gasteiger partial charge in [-0.15, -0.1) is 0 Å². The van der Waals surface area contributed by atoms with Gasteiger partial charge in [0.1, 0.15) is 5.82 Å². The highest BCUT2D eigenvalue weighted by Gasteiger charge is 2.31. The number of carbonyl (C=O) groups is 1. The second-order valence-electron chi connectivity index (χ2n) is 5.89. The summed E-state index contributed by atoms with van der Waals surface area (Å²) in [6, 6.07) is 6.14. The molecule has 0 N–H and O–H groups in total. The van der Waals surface area contributed by atoms with Gasteiger partial charge in [0, 0.05) is 26.3 Å². The molecule has 1 amide bonds. The van der Waals surface area contributed by atoms with Gasteiger partial charge in [-0.05, 0) is 17.7 Å². The van der Waals surface area contributed by atoms with E-state index in [2.05, 4.69) is 4.98 Å². The average Bonchev–Trinajstić information content (AvgIpc) is 2.88. The molecule has 122 valence electrons. The quantitative estimate of drug-likeness (QED) is 0.862. The molecule has 5 nitrogen and oxygen atoms in total. The Kier molecular flexibility index (Phi) is 4.43. The topological polar surface area (TPSA) is 47.4 Å². The first-order valence-corrected chi connectivity index (χ1v) is 7.60. The molecule has 23 heavy (non-hydrogen) atoms. The van der Waals surface area contributed by atoms with Crippen molar-refractivity contribution in [1.82, 2.24) is 14.5 Å². The summed E-state index contributed by atoms with van der Waals surface area (Å²) in [6.45, 7) is 0.942. The van der Waals surface area contributed by atoms with Crippen LogP contribution in [0.2, 0.25) is 0 Å². The van der Waals surface area contributed by atoms with E-state index in [0.29, 0.717) is 25.1 Å². The number of imidazole rings is 1. The first kappa shape index (κ1) is 15.7. The Morgan fingerprint density at radius 3 is 3.04 bits per heavy atom. The maximum absolute atomic E-state index is 13.3. The molecule has 1 aromatic carbocycles. The predicted octanol–water partition coefficient (Wildman–Crippen LogP) is 1.70. The van der Waals surface area contributed by atoms with E-state index in [0.717, 1.165) is 11.4 Å². The van der Waals surface area contributed by atoms with Gasteiger partial charge >= 0.3 is 0 Å². The summed E-state index contributed by atoms with van der Waals surface area (Å²) in [5.41, 5.74) is 2.74. The number of halogens is 1. The Bertz CT molecular complexity index is 714. The van der Waals surface area contributed by atoms with Gasteiger partial charge in [-0.1, -0.05) is 12.1 Å². The van der Waals surface area contributed by atoms with Crippen molar-refractivity contribution in [2.75, 3.05) is 13.7 Å². The van der Waals surface area contributed by atoms with Gasteiger partial charge in [-0.25, -0.2) is 9.37 Å². The van der Waals surface area contributed by atoms with E-state index < -0.39 is 0 Å². The lowest BCUT2D eigenvalue weighted by Gasteiger charge is -2.35. The lowest BCUT2D eigenvalue weighted by molar-refractivity contribution is -0.135. The van der Waals surface area contributed by atoms with Gasteiger partial charge in [0.25, 0.3) is 0 Å². The summed E-state index contributed by atoms with van der Waals surface area (Å²) >= 11 is 0. The number of hydrogen-bond acceptors (Lipinski definition) is 3. The van der Waals surface area contributed by atoms with Gasteiger partial charge in [-0.2, -0.15) is 0 Å². The van der Waals surface area contributed by atoms with Crippen molar-refractivity contribution < 1.29 is 13.9 Å². The van der Waals surface area contributed by atoms with Crippen LogP contribution in [-0.2, 0) is 36.0 Å². The number of aromatic nitrogens is 2. The van der Waals surface area contributed by atoms with Crippen LogP contribution in [0.5, 0.6) is 0 Å². The molecule has 1 aliphatic rings. The highest BCUT2D eigenvalue weighted by Crippen LogP contribution is 2.23. The summed E-state index contributed by atoms with van der Waals surface area (Å²) in [7, 11) is 3.59. The molecule has 2 heterocycles. The van der Waals surface area contributed by atoms with E-state index in [-0.39, 0.29) is 24.2 Å². The highest BCUT2D eigenvalue weighted by molar-refractivity contribution is 5.79. The number of benzene rings is 1. The second kappa shape index (κ2) is 6.50. The largest absolute Gasteiger partial charge is 0.383 e. The van der Waals surface area contributed by atoms with Crippen LogP contribution in [0, 0.1) is 5.82 Å². The van der Waals surface area contributed by atoms with Crippen LogP contribution in [0.3, 0.4) is 0 Å². The lowest BCUT2D eigenvalue weighted by atomic mass is 10.0. The van der Waals surface area contributed by atoms with E-state index in [1.807, 2.05) is 11.6 Å². The maximum atomic E-state index is 13.3. The number of methoxy groups -OCH3 is 1. The van der Waals surface area contributed by atoms with Crippen molar-refractivity contribution in [3.05, 3.63) is 53.4 Å². The first-order chi connectivity index (χ1) is 11.1. The fraction of sp³-hybridized carbons (Fsp3) is 0.412. The van der Waals surface area contributed by atoms with Crippen LogP contribution in [0.1, 0.15) is 17.0 Å². The molecule has 0 spiro atoms. The molecule has 0 radical (unpaired) electrons. The molecular formula is C17H20FN3O2. The Labute approximate surface area is 134 Å². The van der Waals surface area contributed by atoms with Gasteiger partial charge in [-0.3, -0.25) is 4.79 Å². The third-order valence-corrected chi connectivity index (χ3v) is 4.26. The molecule has 0 saturated carbocycles. The zero-order chi connectivity index (χ0) is 16.4. The normalized spacial score (nSPS) is 17.2. The first-order valence-electron chi connectivity index (χ1n) is 7.60. The lowest BCUT2D eigenvalue weighted by Crippen LogP contribution is -2.47. The molecule has 1 aliphatic heterocycles. The standard InChI is InChI=1S/C17H20FN3O2/c1-20-11-19-15-9-21(14(10-23-2)8-16(15)20)17(22)7-12-4-3-5-13(18)6-12/h3-6,11,14H,7-10H2,1-2H3. The third kappa shape index (κ3) is 3.27. The van der Waals surface area contributed by atoms with E-state index in [9.17, 15) is 9.18 Å². The monoisotopic (exact) mass is 317 g/mol. The van der Waals surface area contributed by atoms with Crippen molar-refractivity contribution in [2.45, 2.75) is 25.4 Å². The number of aryl methyl sites for hydroxylation is 1. The molecule has 1 atom stereocenters. The Balaban J connectivity index is 1.80. The summed E-state index contributed by atoms with van der Waals surface area (Å²) in [5, 5.41) is 0. The molecule has 1 unspecified atom stereocenters. The Hall–Kier alpha value is -2.21. The van der Waals surface area contributed by atoms with Crippen LogP contribution in [0.25, 0.3) is 0 Å². The number of ether oxygens (including phenoxy) is 1. The summed E-state index contributed by atoms with van der Waals surface area (Å²) in [4.78, 5) is 18.9. The van der Waals surface area contributed by atoms with Crippen molar-refractivity contribution in [3.63, 3.8) is 0 Å². The fourth-order valence-corrected chi connectivity index (χ4v) is 3.08. The van der Waals surface area contributed by atoms with Crippen molar-refractivity contribution in [2.24, 2.45) is 7.05 Å². The minimum atomic E-state index is -0.325. The summed E-state index contributed by atoms with van der Waals surface area (Å²) in [5.74, 6) is -0.358. The highest BCUT2D eigenvalue weighted by atomic mass is 19.1. The minimum Gasteiger partial charge on any atom is -0.383 e. The van der Waals surface area contributed by atoms with Gasteiger partial charge in [0.2, 0.25) is 5.91 Å². The summed E-state index contributed by atoms with van der Waals surface area (Å²) < 4.78 is 20.6. The number of rotatable bonds is 4. The summed E-state index contributed by atoms with van der Waals surface area (Å²) in [6.07, 6.45) is 2.67. The van der Waals surface area contributed by atoms with Crippen LogP contribution in [0.4, 0.5) is 4.39 Å². The van der Waals surface area contributed by atoms with Gasteiger partial charge in [0.05, 0.1) is 37.6 Å². The van der Waals surface area contributed by atoms with Crippen LogP contribution in [0.15, 0.2) is 30.6 Å². The number of fused-ring (bicyclic) bond motifs is 1. The molecule has 0 bridgehead atoms. The smallest absolute Gasteiger partial charge is 0.227 e. The average molecular weight is 317 g/mol. The number of carbonyl (C=O) groups excluding carboxylic acids is 1. The second-order valence-corrected chi connectivity index (χ2v) is 5.89. The molecule has 2 aromatic rings. The third-order valence-electron chi connectivity index (χ3n) is 4.26. The van der Waals surface area contributed by atoms with Gasteiger partial charge in [0.15, 0.2) is 0 Å². The Morgan fingerprint density at radius 2 is 2.30 bits per heavy atom. The van der Waals surface area contributed by atoms with Crippen LogP contribution in [-0.4, -0.2) is 40.1 Å². The van der Waals surface area contributed by atoms with E-state index in [1.165, 1.54) is 12.1 Å². The van der Waals surface area contributed by atoms with Gasteiger partial charge < -0.3 is 14.2 Å². The molecule has 0 fully saturated rings. The maximum Gasteiger partial charge on any atom is 0.227 e. The zero-order valence-electron chi connectivity index (χ0n) is 13.3. The fourth-order valence-electron chi connectivity index (χ4n) is 3.08. The molecule has 1 aromatic heterocycles. The Morgan fingerprint density at radius 1 is 1.48 bits per heavy atom.